The minimum atomic E-state index is -2.83. The lowest BCUT2D eigenvalue weighted by molar-refractivity contribution is -0.0161. The second kappa shape index (κ2) is 7.19. The molecule has 5 heteroatoms. The fourth-order valence-corrected chi connectivity index (χ4v) is 0.885. The summed E-state index contributed by atoms with van der Waals surface area (Å²) in [6, 6.07) is 0. The van der Waals surface area contributed by atoms with Gasteiger partial charge in [0.05, 0.1) is 6.61 Å². The Labute approximate surface area is 60.4 Å². The van der Waals surface area contributed by atoms with Crippen LogP contribution in [0.15, 0.2) is 0 Å². The molecule has 0 aliphatic rings. The lowest BCUT2D eigenvalue weighted by Gasteiger charge is -1.97. The van der Waals surface area contributed by atoms with Crippen LogP contribution in [-0.2, 0) is 13.8 Å². The van der Waals surface area contributed by atoms with Gasteiger partial charge in [0.15, 0.2) is 0 Å². The van der Waals surface area contributed by atoms with Crippen LogP contribution in [0.5, 0.6) is 0 Å². The molecule has 0 heterocycles. The molecular weight excluding hydrogens is 158 g/mol. The van der Waals surface area contributed by atoms with Crippen molar-refractivity contribution in [3.8, 4) is 0 Å². The van der Waals surface area contributed by atoms with Crippen molar-refractivity contribution in [2.75, 3.05) is 6.61 Å². The summed E-state index contributed by atoms with van der Waals surface area (Å²) in [6.45, 7) is 2.35. The van der Waals surface area contributed by atoms with Crippen molar-refractivity contribution < 1.29 is 18.3 Å². The van der Waals surface area contributed by atoms with Crippen LogP contribution in [0.4, 0.5) is 4.53 Å². The molecule has 0 aliphatic heterocycles. The van der Waals surface area contributed by atoms with Gasteiger partial charge >= 0.3 is 8.25 Å². The number of rotatable bonds is 6. The third-order valence-corrected chi connectivity index (χ3v) is 1.60. The Morgan fingerprint density at radius 2 is 2.20 bits per heavy atom. The van der Waals surface area contributed by atoms with E-state index < -0.39 is 8.25 Å². The Morgan fingerprint density at radius 1 is 1.50 bits per heavy atom. The summed E-state index contributed by atoms with van der Waals surface area (Å²) in [5.41, 5.74) is 0. The SMILES string of the molecule is CCCCCO[PH](=O)OF. The largest absolute Gasteiger partial charge is 0.352 e. The summed E-state index contributed by atoms with van der Waals surface area (Å²) in [4.78, 5) is 0. The molecule has 0 amide bonds. The van der Waals surface area contributed by atoms with Gasteiger partial charge in [0.25, 0.3) is 0 Å². The topological polar surface area (TPSA) is 35.5 Å². The van der Waals surface area contributed by atoms with E-state index in [4.69, 9.17) is 0 Å². The van der Waals surface area contributed by atoms with Crippen LogP contribution in [-0.4, -0.2) is 6.61 Å². The highest BCUT2D eigenvalue weighted by atomic mass is 31.1. The van der Waals surface area contributed by atoms with Gasteiger partial charge in [0.1, 0.15) is 0 Å². The minimum absolute atomic E-state index is 0.315. The van der Waals surface area contributed by atoms with Crippen LogP contribution >= 0.6 is 8.25 Å². The van der Waals surface area contributed by atoms with Crippen molar-refractivity contribution >= 4 is 8.25 Å². The van der Waals surface area contributed by atoms with Crippen molar-refractivity contribution in [2.24, 2.45) is 0 Å². The molecule has 0 fully saturated rings. The highest BCUT2D eigenvalue weighted by Crippen LogP contribution is 2.23. The van der Waals surface area contributed by atoms with Crippen molar-refractivity contribution in [3.63, 3.8) is 0 Å². The van der Waals surface area contributed by atoms with Crippen molar-refractivity contribution in [1.82, 2.24) is 0 Å². The third kappa shape index (κ3) is 6.20. The fraction of sp³-hybridized carbons (Fsp3) is 1.00. The van der Waals surface area contributed by atoms with Gasteiger partial charge in [0, 0.05) is 0 Å². The maximum absolute atomic E-state index is 11.0. The van der Waals surface area contributed by atoms with E-state index in [0.717, 1.165) is 19.3 Å². The quantitative estimate of drug-likeness (QED) is 0.453. The summed E-state index contributed by atoms with van der Waals surface area (Å²) in [7, 11) is -2.83. The van der Waals surface area contributed by atoms with Crippen molar-refractivity contribution in [1.29, 1.82) is 0 Å². The van der Waals surface area contributed by atoms with E-state index in [2.05, 4.69) is 9.25 Å². The van der Waals surface area contributed by atoms with Gasteiger partial charge in [-0.3, -0.25) is 4.57 Å². The van der Waals surface area contributed by atoms with Gasteiger partial charge in [-0.15, -0.1) is 4.73 Å². The summed E-state index contributed by atoms with van der Waals surface area (Å²) < 4.78 is 28.5. The number of hydrogen-bond donors (Lipinski definition) is 0. The van der Waals surface area contributed by atoms with E-state index in [9.17, 15) is 9.09 Å². The molecule has 0 saturated heterocycles. The molecule has 0 aliphatic carbocycles. The molecule has 0 aromatic carbocycles. The van der Waals surface area contributed by atoms with Gasteiger partial charge in [-0.2, -0.15) is 0 Å². The second-order valence-electron chi connectivity index (χ2n) is 1.88. The highest BCUT2D eigenvalue weighted by Gasteiger charge is 1.96. The summed E-state index contributed by atoms with van der Waals surface area (Å²) in [5.74, 6) is 0. The monoisotopic (exact) mass is 170 g/mol. The first-order chi connectivity index (χ1) is 4.81. The third-order valence-electron chi connectivity index (χ3n) is 1.03. The normalized spacial score (nSPS) is 13.4. The fourth-order valence-electron chi connectivity index (χ4n) is 0.530. The van der Waals surface area contributed by atoms with E-state index in [1.807, 2.05) is 6.92 Å². The average Bonchev–Trinajstić information content (AvgIpc) is 1.98. The molecule has 0 bridgehead atoms. The predicted octanol–water partition coefficient (Wildman–Crippen LogP) is 2.48. The molecule has 3 nitrogen and oxygen atoms in total. The predicted molar refractivity (Wildman–Crippen MR) is 36.7 cm³/mol. The number of hydrogen-bond acceptors (Lipinski definition) is 3. The standard InChI is InChI=1S/C5H12FO3P/c1-2-3-4-5-8-10(7)9-6/h10H,2-5H2,1H3. The van der Waals surface area contributed by atoms with Crippen molar-refractivity contribution in [2.45, 2.75) is 26.2 Å². The zero-order valence-electron chi connectivity index (χ0n) is 5.93. The lowest BCUT2D eigenvalue weighted by atomic mass is 10.3. The van der Waals surface area contributed by atoms with Crippen LogP contribution in [0.25, 0.3) is 0 Å². The Hall–Kier alpha value is 0.0800. The summed E-state index contributed by atoms with van der Waals surface area (Å²) >= 11 is 0. The van der Waals surface area contributed by atoms with Crippen LogP contribution < -0.4 is 0 Å². The lowest BCUT2D eigenvalue weighted by Crippen LogP contribution is -1.85. The highest BCUT2D eigenvalue weighted by molar-refractivity contribution is 7.33. The molecular formula is C5H12FO3P. The molecule has 0 radical (unpaired) electrons. The van der Waals surface area contributed by atoms with Crippen LogP contribution in [0.1, 0.15) is 26.2 Å². The smallest absolute Gasteiger partial charge is 0.309 e. The first kappa shape index (κ1) is 10.1. The molecule has 0 spiro atoms. The summed E-state index contributed by atoms with van der Waals surface area (Å²) in [5, 5.41) is 0. The van der Waals surface area contributed by atoms with Crippen LogP contribution in [0, 0.1) is 0 Å². The Morgan fingerprint density at radius 3 is 2.70 bits per heavy atom. The van der Waals surface area contributed by atoms with E-state index in [1.54, 1.807) is 0 Å². The molecule has 10 heavy (non-hydrogen) atoms. The van der Waals surface area contributed by atoms with E-state index in [1.165, 1.54) is 0 Å². The molecule has 0 saturated carbocycles. The molecule has 1 atom stereocenters. The first-order valence-corrected chi connectivity index (χ1v) is 4.49. The van der Waals surface area contributed by atoms with Gasteiger partial charge in [0.2, 0.25) is 0 Å². The van der Waals surface area contributed by atoms with Crippen LogP contribution in [0.3, 0.4) is 0 Å². The zero-order chi connectivity index (χ0) is 7.82. The summed E-state index contributed by atoms with van der Waals surface area (Å²) in [6.07, 6.45) is 2.86. The number of halogens is 1. The van der Waals surface area contributed by atoms with Gasteiger partial charge in [-0.25, -0.2) is 0 Å². The van der Waals surface area contributed by atoms with Gasteiger partial charge in [-0.05, 0) is 10.9 Å². The Balaban J connectivity index is 2.96. The zero-order valence-corrected chi connectivity index (χ0v) is 6.93. The maximum Gasteiger partial charge on any atom is 0.352 e. The molecule has 62 valence electrons. The average molecular weight is 170 g/mol. The van der Waals surface area contributed by atoms with E-state index in [-0.39, 0.29) is 0 Å². The molecule has 0 aromatic rings. The Kier molecular flexibility index (Phi) is 7.25. The maximum atomic E-state index is 11.0. The van der Waals surface area contributed by atoms with Crippen molar-refractivity contribution in [3.05, 3.63) is 0 Å². The molecule has 0 rings (SSSR count). The van der Waals surface area contributed by atoms with Gasteiger partial charge < -0.3 is 4.52 Å². The second-order valence-corrected chi connectivity index (χ2v) is 2.83. The first-order valence-electron chi connectivity index (χ1n) is 3.26. The van der Waals surface area contributed by atoms with Crippen LogP contribution in [0.2, 0.25) is 0 Å². The number of unbranched alkanes of at least 4 members (excludes halogenated alkanes) is 2. The minimum Gasteiger partial charge on any atom is -0.309 e. The Bertz CT molecular complexity index is 98.9. The molecule has 0 N–H and O–H groups in total. The van der Waals surface area contributed by atoms with E-state index >= 15 is 0 Å². The molecule has 1 unspecified atom stereocenters. The van der Waals surface area contributed by atoms with E-state index in [0.29, 0.717) is 6.61 Å². The molecule has 0 aromatic heterocycles. The van der Waals surface area contributed by atoms with Gasteiger partial charge in [-0.1, -0.05) is 19.8 Å².